The van der Waals surface area contributed by atoms with Gasteiger partial charge in [-0.15, -0.1) is 0 Å². The molecule has 0 heterocycles. The van der Waals surface area contributed by atoms with Crippen molar-refractivity contribution in [1.29, 1.82) is 0 Å². The van der Waals surface area contributed by atoms with Crippen molar-refractivity contribution in [2.24, 2.45) is 5.73 Å². The minimum Gasteiger partial charge on any atom is -0.452 e. The van der Waals surface area contributed by atoms with Crippen LogP contribution in [0, 0.1) is 0 Å². The quantitative estimate of drug-likeness (QED) is 0.696. The number of ether oxygens (including phenoxy) is 1. The van der Waals surface area contributed by atoms with Crippen LogP contribution in [0.4, 0.5) is 11.4 Å². The number of hydrogen-bond acceptors (Lipinski definition) is 5. The summed E-state index contributed by atoms with van der Waals surface area (Å²) in [6.07, 6.45) is 0. The van der Waals surface area contributed by atoms with Crippen molar-refractivity contribution in [2.45, 2.75) is 13.8 Å². The molecule has 0 fully saturated rings. The van der Waals surface area contributed by atoms with Gasteiger partial charge < -0.3 is 20.7 Å². The minimum atomic E-state index is -0.656. The summed E-state index contributed by atoms with van der Waals surface area (Å²) in [4.78, 5) is 37.6. The lowest BCUT2D eigenvalue weighted by atomic mass is 10.1. The summed E-state index contributed by atoms with van der Waals surface area (Å²) in [5.74, 6) is -1.81. The molecule has 0 spiro atoms. The van der Waals surface area contributed by atoms with Crippen molar-refractivity contribution in [3.05, 3.63) is 59.7 Å². The smallest absolute Gasteiger partial charge is 0.338 e. The van der Waals surface area contributed by atoms with Crippen LogP contribution < -0.4 is 16.0 Å². The second-order valence-electron chi connectivity index (χ2n) is 5.75. The summed E-state index contributed by atoms with van der Waals surface area (Å²) in [5, 5.41) is 2.51. The molecule has 2 rings (SSSR count). The highest BCUT2D eigenvalue weighted by Gasteiger charge is 2.13. The van der Waals surface area contributed by atoms with Crippen molar-refractivity contribution < 1.29 is 19.1 Å². The van der Waals surface area contributed by atoms with Crippen molar-refractivity contribution in [1.82, 2.24) is 0 Å². The molecule has 0 saturated carbocycles. The zero-order chi connectivity index (χ0) is 19.8. The molecule has 2 amide bonds. The molecular weight excluding hydrogens is 346 g/mol. The van der Waals surface area contributed by atoms with E-state index in [9.17, 15) is 14.4 Å². The van der Waals surface area contributed by atoms with E-state index >= 15 is 0 Å². The minimum absolute atomic E-state index is 0.184. The number of esters is 1. The third kappa shape index (κ3) is 5.31. The van der Waals surface area contributed by atoms with E-state index in [0.717, 1.165) is 18.8 Å². The Labute approximate surface area is 158 Å². The van der Waals surface area contributed by atoms with Crippen molar-refractivity contribution in [3.8, 4) is 0 Å². The van der Waals surface area contributed by atoms with Gasteiger partial charge in [0, 0.05) is 18.8 Å². The summed E-state index contributed by atoms with van der Waals surface area (Å²) >= 11 is 0. The lowest BCUT2D eigenvalue weighted by Crippen LogP contribution is -2.23. The first kappa shape index (κ1) is 20.0. The van der Waals surface area contributed by atoms with Gasteiger partial charge in [-0.1, -0.05) is 12.1 Å². The highest BCUT2D eigenvalue weighted by atomic mass is 16.5. The average Bonchev–Trinajstić information content (AvgIpc) is 2.68. The van der Waals surface area contributed by atoms with Crippen molar-refractivity contribution in [3.63, 3.8) is 0 Å². The van der Waals surface area contributed by atoms with Crippen LogP contribution >= 0.6 is 0 Å². The molecule has 0 bridgehead atoms. The largest absolute Gasteiger partial charge is 0.452 e. The average molecular weight is 369 g/mol. The van der Waals surface area contributed by atoms with Crippen LogP contribution in [0.25, 0.3) is 0 Å². The van der Waals surface area contributed by atoms with Gasteiger partial charge in [-0.25, -0.2) is 4.79 Å². The third-order valence-electron chi connectivity index (χ3n) is 4.03. The molecule has 0 aliphatic heterocycles. The SMILES string of the molecule is CCN(CC)c1ccc(C(=O)OCC(=O)Nc2ccccc2C(N)=O)cc1. The van der Waals surface area contributed by atoms with E-state index in [0.29, 0.717) is 5.56 Å². The van der Waals surface area contributed by atoms with Crippen LogP contribution in [0.3, 0.4) is 0 Å². The number of nitrogens with zero attached hydrogens (tertiary/aromatic N) is 1. The molecule has 7 heteroatoms. The van der Waals surface area contributed by atoms with Crippen molar-refractivity contribution >= 4 is 29.2 Å². The molecule has 142 valence electrons. The monoisotopic (exact) mass is 369 g/mol. The van der Waals surface area contributed by atoms with Gasteiger partial charge in [0.15, 0.2) is 6.61 Å². The third-order valence-corrected chi connectivity index (χ3v) is 4.03. The maximum absolute atomic E-state index is 12.1. The molecule has 0 saturated heterocycles. The van der Waals surface area contributed by atoms with Gasteiger partial charge in [0.05, 0.1) is 16.8 Å². The van der Waals surface area contributed by atoms with Crippen LogP contribution in [0.5, 0.6) is 0 Å². The van der Waals surface area contributed by atoms with E-state index in [1.54, 1.807) is 30.3 Å². The van der Waals surface area contributed by atoms with E-state index in [2.05, 4.69) is 24.1 Å². The van der Waals surface area contributed by atoms with E-state index < -0.39 is 24.4 Å². The molecule has 3 N–H and O–H groups in total. The van der Waals surface area contributed by atoms with Gasteiger partial charge in [0.1, 0.15) is 0 Å². The molecule has 2 aromatic rings. The summed E-state index contributed by atoms with van der Waals surface area (Å²) in [6, 6.07) is 13.3. The normalized spacial score (nSPS) is 10.1. The van der Waals surface area contributed by atoms with Crippen LogP contribution in [-0.4, -0.2) is 37.5 Å². The molecule has 0 aromatic heterocycles. The molecule has 0 aliphatic carbocycles. The maximum Gasteiger partial charge on any atom is 0.338 e. The first-order valence-corrected chi connectivity index (χ1v) is 8.67. The number of nitrogens with two attached hydrogens (primary N) is 1. The number of hydrogen-bond donors (Lipinski definition) is 2. The second-order valence-corrected chi connectivity index (χ2v) is 5.75. The number of anilines is 2. The Morgan fingerprint density at radius 3 is 2.22 bits per heavy atom. The Morgan fingerprint density at radius 1 is 1.00 bits per heavy atom. The van der Waals surface area contributed by atoms with Gasteiger partial charge in [0.2, 0.25) is 0 Å². The first-order chi connectivity index (χ1) is 13.0. The van der Waals surface area contributed by atoms with Crippen LogP contribution in [0.2, 0.25) is 0 Å². The summed E-state index contributed by atoms with van der Waals surface area (Å²) in [7, 11) is 0. The predicted molar refractivity (Wildman–Crippen MR) is 104 cm³/mol. The Hall–Kier alpha value is -3.35. The zero-order valence-corrected chi connectivity index (χ0v) is 15.4. The molecule has 0 atom stereocenters. The number of rotatable bonds is 8. The molecule has 0 radical (unpaired) electrons. The molecule has 0 aliphatic rings. The number of nitrogens with one attached hydrogen (secondary N) is 1. The number of carbonyl (C=O) groups is 3. The topological polar surface area (TPSA) is 102 Å². The van der Waals surface area contributed by atoms with E-state index in [1.807, 2.05) is 12.1 Å². The fourth-order valence-electron chi connectivity index (χ4n) is 2.60. The summed E-state index contributed by atoms with van der Waals surface area (Å²) in [5.41, 5.74) is 7.09. The molecule has 7 nitrogen and oxygen atoms in total. The Balaban J connectivity index is 1.93. The lowest BCUT2D eigenvalue weighted by Gasteiger charge is -2.20. The van der Waals surface area contributed by atoms with Crippen LogP contribution in [0.15, 0.2) is 48.5 Å². The van der Waals surface area contributed by atoms with Gasteiger partial charge >= 0.3 is 5.97 Å². The maximum atomic E-state index is 12.1. The Bertz CT molecular complexity index is 814. The van der Waals surface area contributed by atoms with Crippen LogP contribution in [-0.2, 0) is 9.53 Å². The molecule has 27 heavy (non-hydrogen) atoms. The Morgan fingerprint density at radius 2 is 1.63 bits per heavy atom. The van der Waals surface area contributed by atoms with Gasteiger partial charge in [-0.3, -0.25) is 9.59 Å². The highest BCUT2D eigenvalue weighted by Crippen LogP contribution is 2.16. The van der Waals surface area contributed by atoms with Crippen LogP contribution in [0.1, 0.15) is 34.6 Å². The van der Waals surface area contributed by atoms with Gasteiger partial charge in [0.25, 0.3) is 11.8 Å². The van der Waals surface area contributed by atoms with E-state index in [4.69, 9.17) is 10.5 Å². The number of primary amides is 1. The number of carbonyl (C=O) groups excluding carboxylic acids is 3. The summed E-state index contributed by atoms with van der Waals surface area (Å²) in [6.45, 7) is 5.38. The standard InChI is InChI=1S/C20H23N3O4/c1-3-23(4-2)15-11-9-14(10-12-15)20(26)27-13-18(24)22-17-8-6-5-7-16(17)19(21)25/h5-12H,3-4,13H2,1-2H3,(H2,21,25)(H,22,24). The predicted octanol–water partition coefficient (Wildman–Crippen LogP) is 2.43. The second kappa shape index (κ2) is 9.38. The lowest BCUT2D eigenvalue weighted by molar-refractivity contribution is -0.119. The number of benzene rings is 2. The molecule has 2 aromatic carbocycles. The first-order valence-electron chi connectivity index (χ1n) is 8.67. The fraction of sp³-hybridized carbons (Fsp3) is 0.250. The Kier molecular flexibility index (Phi) is 6.93. The number of para-hydroxylation sites is 1. The zero-order valence-electron chi connectivity index (χ0n) is 15.4. The number of amides is 2. The van der Waals surface area contributed by atoms with Gasteiger partial charge in [-0.2, -0.15) is 0 Å². The summed E-state index contributed by atoms with van der Waals surface area (Å²) < 4.78 is 5.03. The van der Waals surface area contributed by atoms with Crippen molar-refractivity contribution in [2.75, 3.05) is 29.9 Å². The molecule has 0 unspecified atom stereocenters. The van der Waals surface area contributed by atoms with E-state index in [1.165, 1.54) is 6.07 Å². The van der Waals surface area contributed by atoms with E-state index in [-0.39, 0.29) is 11.3 Å². The van der Waals surface area contributed by atoms with Gasteiger partial charge in [-0.05, 0) is 50.2 Å². The molecular formula is C20H23N3O4. The fourth-order valence-corrected chi connectivity index (χ4v) is 2.60. The highest BCUT2D eigenvalue weighted by molar-refractivity contribution is 6.03.